The van der Waals surface area contributed by atoms with Crippen LogP contribution in [0.25, 0.3) is 0 Å². The Labute approximate surface area is 438 Å². The fourth-order valence-electron chi connectivity index (χ4n) is 9.53. The summed E-state index contributed by atoms with van der Waals surface area (Å²) in [5.41, 5.74) is 0.943. The smallest absolute Gasteiger partial charge is 0.328 e. The summed E-state index contributed by atoms with van der Waals surface area (Å²) in [5.74, 6) is -3.55. The lowest BCUT2D eigenvalue weighted by atomic mass is 9.89. The van der Waals surface area contributed by atoms with Crippen LogP contribution < -0.4 is 10.6 Å². The summed E-state index contributed by atoms with van der Waals surface area (Å²) >= 11 is 5.88. The average molecular weight is 1050 g/mol. The van der Waals surface area contributed by atoms with Crippen LogP contribution in [0.3, 0.4) is 0 Å². The number of ether oxygens (including phenoxy) is 6. The van der Waals surface area contributed by atoms with E-state index in [1.165, 1.54) is 31.3 Å². The first-order valence-electron chi connectivity index (χ1n) is 25.6. The average Bonchev–Trinajstić information content (AvgIpc) is 3.98. The van der Waals surface area contributed by atoms with Crippen molar-refractivity contribution in [3.05, 3.63) is 48.0 Å². The number of carbonyl (C=O) groups excluding carboxylic acids is 7. The number of thiocarbonyl (C=S) groups is 1. The molecule has 0 saturated carbocycles. The normalized spacial score (nSPS) is 18.0. The van der Waals surface area contributed by atoms with Gasteiger partial charge >= 0.3 is 5.97 Å². The second kappa shape index (κ2) is 31.8. The molecule has 2 N–H and O–H groups in total. The molecule has 6 amide bonds. The highest BCUT2D eigenvalue weighted by atomic mass is 32.1. The zero-order chi connectivity index (χ0) is 54.4. The van der Waals surface area contributed by atoms with Crippen LogP contribution in [0.5, 0.6) is 0 Å². The van der Waals surface area contributed by atoms with E-state index in [1.807, 2.05) is 83.7 Å². The molecule has 410 valence electrons. The third kappa shape index (κ3) is 18.5. The first-order valence-corrected chi connectivity index (χ1v) is 26.0. The SMILES string of the molecule is CCC(C)C(C(CC(=O)N1CCCC1C(OC)C(C)C(=S)NC(Cc1ccccc1)C(=O)OC)OC)N(C)C(=O)C(NC(=O)C(C(C)C)N(C)C(=O)CCOCCOCCOCCN1C(=O)C=CC1=O)C(C)C. The maximum atomic E-state index is 14.6. The van der Waals surface area contributed by atoms with Gasteiger partial charge in [-0.15, -0.1) is 0 Å². The minimum atomic E-state index is -0.956. The predicted octanol–water partition coefficient (Wildman–Crippen LogP) is 3.60. The third-order valence-electron chi connectivity index (χ3n) is 13.8. The second-order valence-electron chi connectivity index (χ2n) is 19.5. The largest absolute Gasteiger partial charge is 0.467 e. The summed E-state index contributed by atoms with van der Waals surface area (Å²) in [4.78, 5) is 99.1. The maximum absolute atomic E-state index is 14.6. The molecule has 0 radical (unpaired) electrons. The molecule has 0 bridgehead atoms. The standard InChI is InChI=1S/C53H84N6O13S/c1-13-36(6)48(41(67-10)33-45(63)58-24-17-20-40(58)49(68-11)37(7)51(73)54-39(53(66)69-12)32-38-18-15-14-16-19-38)57(9)52(65)46(34(2)3)55-50(64)47(35(4)5)56(8)42(60)23-26-70-28-30-72-31-29-71-27-25-59-43(61)21-22-44(59)62/h14-16,18-19,21-22,34-37,39-41,46-49H,13,17,20,23-33H2,1-12H3,(H,54,73)(H,55,64). The fraction of sp³-hybridized carbons (Fsp3) is 0.698. The van der Waals surface area contributed by atoms with E-state index in [-0.39, 0.29) is 118 Å². The molecule has 0 aliphatic carbocycles. The molecule has 20 heteroatoms. The molecule has 0 aromatic heterocycles. The molecular weight excluding hydrogens is 961 g/mol. The molecule has 73 heavy (non-hydrogen) atoms. The van der Waals surface area contributed by atoms with Crippen LogP contribution >= 0.6 is 12.2 Å². The van der Waals surface area contributed by atoms with Gasteiger partial charge in [0, 0.05) is 59.4 Å². The number of hydrogen-bond acceptors (Lipinski definition) is 14. The van der Waals surface area contributed by atoms with Gasteiger partial charge in [-0.05, 0) is 36.2 Å². The second-order valence-corrected chi connectivity index (χ2v) is 20.0. The molecule has 9 atom stereocenters. The Bertz CT molecular complexity index is 1970. The molecular formula is C53H84N6O13S. The van der Waals surface area contributed by atoms with Crippen LogP contribution in [0.2, 0.25) is 0 Å². The lowest BCUT2D eigenvalue weighted by Gasteiger charge is -2.41. The van der Waals surface area contributed by atoms with E-state index < -0.39 is 48.3 Å². The Kier molecular flexibility index (Phi) is 27.2. The molecule has 19 nitrogen and oxygen atoms in total. The van der Waals surface area contributed by atoms with Gasteiger partial charge < -0.3 is 53.8 Å². The lowest BCUT2D eigenvalue weighted by molar-refractivity contribution is -0.148. The minimum absolute atomic E-state index is 0.0164. The highest BCUT2D eigenvalue weighted by Crippen LogP contribution is 2.30. The molecule has 1 saturated heterocycles. The zero-order valence-corrected chi connectivity index (χ0v) is 46.1. The van der Waals surface area contributed by atoms with Gasteiger partial charge in [-0.3, -0.25) is 33.7 Å². The molecule has 1 fully saturated rings. The van der Waals surface area contributed by atoms with Crippen molar-refractivity contribution in [3.8, 4) is 0 Å². The van der Waals surface area contributed by atoms with Crippen LogP contribution in [0.15, 0.2) is 42.5 Å². The monoisotopic (exact) mass is 1040 g/mol. The summed E-state index contributed by atoms with van der Waals surface area (Å²) in [7, 11) is 7.73. The van der Waals surface area contributed by atoms with Crippen molar-refractivity contribution in [2.75, 3.05) is 88.2 Å². The fourth-order valence-corrected chi connectivity index (χ4v) is 9.81. The van der Waals surface area contributed by atoms with E-state index in [4.69, 9.17) is 40.6 Å². The Hall–Kier alpha value is -4.86. The van der Waals surface area contributed by atoms with Crippen molar-refractivity contribution in [1.29, 1.82) is 0 Å². The van der Waals surface area contributed by atoms with E-state index in [9.17, 15) is 33.6 Å². The van der Waals surface area contributed by atoms with Crippen LogP contribution in [0, 0.1) is 23.7 Å². The van der Waals surface area contributed by atoms with E-state index in [1.54, 1.807) is 26.1 Å². The van der Waals surface area contributed by atoms with E-state index in [0.717, 1.165) is 16.9 Å². The number of amides is 6. The number of esters is 1. The van der Waals surface area contributed by atoms with Gasteiger partial charge in [-0.2, -0.15) is 0 Å². The number of hydrogen-bond donors (Lipinski definition) is 2. The summed E-state index contributed by atoms with van der Waals surface area (Å²) < 4.78 is 33.9. The molecule has 3 rings (SSSR count). The number of nitrogens with one attached hydrogen (secondary N) is 2. The Morgan fingerprint density at radius 2 is 1.40 bits per heavy atom. The molecule has 2 aliphatic heterocycles. The number of nitrogens with zero attached hydrogens (tertiary/aromatic N) is 4. The van der Waals surface area contributed by atoms with Crippen LogP contribution in [-0.2, 0) is 68.4 Å². The van der Waals surface area contributed by atoms with E-state index in [2.05, 4.69) is 10.6 Å². The quantitative estimate of drug-likeness (QED) is 0.0446. The van der Waals surface area contributed by atoms with Gasteiger partial charge in [0.1, 0.15) is 18.1 Å². The number of benzene rings is 1. The first-order chi connectivity index (χ1) is 34.7. The van der Waals surface area contributed by atoms with Crippen molar-refractivity contribution in [2.24, 2.45) is 23.7 Å². The van der Waals surface area contributed by atoms with Gasteiger partial charge in [-0.1, -0.05) is 97.4 Å². The van der Waals surface area contributed by atoms with Crippen molar-refractivity contribution >= 4 is 58.6 Å². The van der Waals surface area contributed by atoms with Gasteiger partial charge in [-0.25, -0.2) is 4.79 Å². The summed E-state index contributed by atoms with van der Waals surface area (Å²) in [5, 5.41) is 6.21. The molecule has 2 aliphatic rings. The van der Waals surface area contributed by atoms with Crippen molar-refractivity contribution in [3.63, 3.8) is 0 Å². The molecule has 9 unspecified atom stereocenters. The van der Waals surface area contributed by atoms with Crippen LogP contribution in [-0.4, -0.2) is 197 Å². The summed E-state index contributed by atoms with van der Waals surface area (Å²) in [6.07, 6.45) is 3.72. The molecule has 2 heterocycles. The number of imide groups is 1. The minimum Gasteiger partial charge on any atom is -0.467 e. The van der Waals surface area contributed by atoms with Crippen molar-refractivity contribution in [2.45, 2.75) is 129 Å². The van der Waals surface area contributed by atoms with Gasteiger partial charge in [0.05, 0.1) is 95.4 Å². The van der Waals surface area contributed by atoms with E-state index in [0.29, 0.717) is 30.8 Å². The van der Waals surface area contributed by atoms with Crippen molar-refractivity contribution in [1.82, 2.24) is 30.2 Å². The van der Waals surface area contributed by atoms with Gasteiger partial charge in [0.15, 0.2) is 0 Å². The third-order valence-corrected chi connectivity index (χ3v) is 14.3. The maximum Gasteiger partial charge on any atom is 0.328 e. The van der Waals surface area contributed by atoms with E-state index >= 15 is 0 Å². The number of methoxy groups -OCH3 is 3. The number of likely N-dealkylation sites (N-methyl/N-ethyl adjacent to an activating group) is 2. The summed E-state index contributed by atoms with van der Waals surface area (Å²) in [6, 6.07) is 6.15. The topological polar surface area (TPSA) is 212 Å². The Morgan fingerprint density at radius 3 is 1.95 bits per heavy atom. The molecule has 1 aromatic carbocycles. The zero-order valence-electron chi connectivity index (χ0n) is 45.3. The predicted molar refractivity (Wildman–Crippen MR) is 279 cm³/mol. The highest BCUT2D eigenvalue weighted by Gasteiger charge is 2.43. The number of rotatable bonds is 33. The lowest BCUT2D eigenvalue weighted by Crippen LogP contribution is -2.60. The van der Waals surface area contributed by atoms with Crippen LogP contribution in [0.1, 0.15) is 86.1 Å². The Morgan fingerprint density at radius 1 is 0.795 bits per heavy atom. The number of carbonyl (C=O) groups is 7. The Balaban J connectivity index is 1.61. The van der Waals surface area contributed by atoms with Gasteiger partial charge in [0.25, 0.3) is 11.8 Å². The summed E-state index contributed by atoms with van der Waals surface area (Å²) in [6.45, 7) is 15.3. The van der Waals surface area contributed by atoms with Crippen molar-refractivity contribution < 1.29 is 62.0 Å². The highest BCUT2D eigenvalue weighted by molar-refractivity contribution is 7.80. The van der Waals surface area contributed by atoms with Crippen LogP contribution in [0.4, 0.5) is 0 Å². The number of likely N-dealkylation sites (tertiary alicyclic amines) is 1. The molecule has 0 spiro atoms. The molecule has 1 aromatic rings. The first kappa shape index (κ1) is 62.4. The van der Waals surface area contributed by atoms with Gasteiger partial charge in [0.2, 0.25) is 23.6 Å².